The van der Waals surface area contributed by atoms with Crippen molar-refractivity contribution in [2.24, 2.45) is 17.3 Å². The summed E-state index contributed by atoms with van der Waals surface area (Å²) in [5, 5.41) is 0. The molecule has 1 aliphatic carbocycles. The summed E-state index contributed by atoms with van der Waals surface area (Å²) in [6.45, 7) is 6.26. The van der Waals surface area contributed by atoms with Gasteiger partial charge in [0.15, 0.2) is 11.6 Å². The van der Waals surface area contributed by atoms with Crippen molar-refractivity contribution in [2.75, 3.05) is 0 Å². The maximum atomic E-state index is 12.0. The Bertz CT molecular complexity index is 357. The molecule has 0 bridgehead atoms. The van der Waals surface area contributed by atoms with E-state index in [1.807, 2.05) is 0 Å². The van der Waals surface area contributed by atoms with Crippen LogP contribution in [0.15, 0.2) is 0 Å². The van der Waals surface area contributed by atoms with Gasteiger partial charge in [0.2, 0.25) is 3.79 Å². The standard InChI is InChI=1S/C12H16BrCl3O2/c1-11(2,3)6-4-7(9(17)8(13)5-6)10(18)12(14,15)16/h6-8H,4-5H2,1-3H3. The van der Waals surface area contributed by atoms with E-state index in [0.717, 1.165) is 0 Å². The maximum absolute atomic E-state index is 12.0. The van der Waals surface area contributed by atoms with Crippen LogP contribution in [0.3, 0.4) is 0 Å². The Morgan fingerprint density at radius 2 is 1.72 bits per heavy atom. The van der Waals surface area contributed by atoms with E-state index >= 15 is 0 Å². The predicted molar refractivity (Wildman–Crippen MR) is 78.7 cm³/mol. The quantitative estimate of drug-likeness (QED) is 0.503. The van der Waals surface area contributed by atoms with Gasteiger partial charge in [-0.2, -0.15) is 0 Å². The zero-order valence-electron chi connectivity index (χ0n) is 10.5. The van der Waals surface area contributed by atoms with Crippen LogP contribution in [-0.2, 0) is 9.59 Å². The average Bonchev–Trinajstić information content (AvgIpc) is 2.17. The van der Waals surface area contributed by atoms with Gasteiger partial charge >= 0.3 is 0 Å². The molecule has 1 fully saturated rings. The largest absolute Gasteiger partial charge is 0.298 e. The Morgan fingerprint density at radius 3 is 2.11 bits per heavy atom. The van der Waals surface area contributed by atoms with Gasteiger partial charge in [0, 0.05) is 0 Å². The lowest BCUT2D eigenvalue weighted by Crippen LogP contribution is -2.44. The van der Waals surface area contributed by atoms with Crippen LogP contribution in [0.5, 0.6) is 0 Å². The van der Waals surface area contributed by atoms with E-state index in [9.17, 15) is 9.59 Å². The highest BCUT2D eigenvalue weighted by Crippen LogP contribution is 2.44. The molecule has 3 atom stereocenters. The van der Waals surface area contributed by atoms with Crippen molar-refractivity contribution in [3.63, 3.8) is 0 Å². The van der Waals surface area contributed by atoms with Gasteiger partial charge in [0.25, 0.3) is 0 Å². The Hall–Kier alpha value is 0.690. The lowest BCUT2D eigenvalue weighted by molar-refractivity contribution is -0.135. The van der Waals surface area contributed by atoms with Crippen LogP contribution < -0.4 is 0 Å². The number of hydrogen-bond acceptors (Lipinski definition) is 2. The number of Topliss-reactive ketones (excluding diaryl/α,β-unsaturated/α-hetero) is 2. The number of rotatable bonds is 1. The van der Waals surface area contributed by atoms with Crippen LogP contribution in [0.4, 0.5) is 0 Å². The smallest absolute Gasteiger partial charge is 0.249 e. The minimum absolute atomic E-state index is 0.0127. The van der Waals surface area contributed by atoms with E-state index in [-0.39, 0.29) is 21.9 Å². The van der Waals surface area contributed by atoms with Crippen molar-refractivity contribution in [1.29, 1.82) is 0 Å². The highest BCUT2D eigenvalue weighted by Gasteiger charge is 2.47. The van der Waals surface area contributed by atoms with Crippen LogP contribution in [-0.4, -0.2) is 20.2 Å². The van der Waals surface area contributed by atoms with Crippen molar-refractivity contribution in [3.8, 4) is 0 Å². The normalized spacial score (nSPS) is 30.4. The summed E-state index contributed by atoms with van der Waals surface area (Å²) in [6, 6.07) is 0. The molecule has 0 spiro atoms. The summed E-state index contributed by atoms with van der Waals surface area (Å²) in [7, 11) is 0. The average molecular weight is 379 g/mol. The first-order valence-electron chi connectivity index (χ1n) is 5.73. The second-order valence-corrected chi connectivity index (χ2v) is 9.21. The van der Waals surface area contributed by atoms with Gasteiger partial charge in [-0.1, -0.05) is 71.5 Å². The number of carbonyl (C=O) groups is 2. The highest BCUT2D eigenvalue weighted by molar-refractivity contribution is 9.10. The molecule has 0 aromatic heterocycles. The number of carbonyl (C=O) groups excluding carboxylic acids is 2. The first-order valence-corrected chi connectivity index (χ1v) is 7.78. The second kappa shape index (κ2) is 5.59. The van der Waals surface area contributed by atoms with Crippen LogP contribution >= 0.6 is 50.7 Å². The topological polar surface area (TPSA) is 34.1 Å². The highest BCUT2D eigenvalue weighted by atomic mass is 79.9. The molecule has 0 amide bonds. The van der Waals surface area contributed by atoms with Gasteiger partial charge in [0.05, 0.1) is 10.7 Å². The first kappa shape index (κ1) is 16.7. The Balaban J connectivity index is 2.97. The van der Waals surface area contributed by atoms with Crippen LogP contribution in [0.2, 0.25) is 0 Å². The molecule has 1 saturated carbocycles. The van der Waals surface area contributed by atoms with Crippen LogP contribution in [0, 0.1) is 17.3 Å². The van der Waals surface area contributed by atoms with E-state index < -0.39 is 15.5 Å². The molecule has 0 aliphatic heterocycles. The summed E-state index contributed by atoms with van der Waals surface area (Å²) in [5.41, 5.74) is 0.0127. The fourth-order valence-corrected chi connectivity index (χ4v) is 3.39. The molecule has 2 nitrogen and oxygen atoms in total. The summed E-state index contributed by atoms with van der Waals surface area (Å²) in [6.07, 6.45) is 1.17. The van der Waals surface area contributed by atoms with Gasteiger partial charge in [-0.3, -0.25) is 9.59 Å². The van der Waals surface area contributed by atoms with Crippen LogP contribution in [0.25, 0.3) is 0 Å². The van der Waals surface area contributed by atoms with E-state index in [1.54, 1.807) is 0 Å². The van der Waals surface area contributed by atoms with E-state index in [4.69, 9.17) is 34.8 Å². The molecule has 0 aromatic carbocycles. The van der Waals surface area contributed by atoms with Crippen molar-refractivity contribution >= 4 is 62.3 Å². The summed E-state index contributed by atoms with van der Waals surface area (Å²) in [4.78, 5) is 23.7. The van der Waals surface area contributed by atoms with Crippen LogP contribution in [0.1, 0.15) is 33.6 Å². The molecule has 18 heavy (non-hydrogen) atoms. The lowest BCUT2D eigenvalue weighted by Gasteiger charge is -2.39. The third-order valence-corrected chi connectivity index (χ3v) is 4.87. The zero-order valence-corrected chi connectivity index (χ0v) is 14.3. The van der Waals surface area contributed by atoms with Gasteiger partial charge in [-0.15, -0.1) is 0 Å². The minimum atomic E-state index is -2.02. The van der Waals surface area contributed by atoms with Crippen molar-refractivity contribution < 1.29 is 9.59 Å². The molecular weight excluding hydrogens is 362 g/mol. The van der Waals surface area contributed by atoms with E-state index in [2.05, 4.69) is 36.7 Å². The Labute approximate surface area is 131 Å². The second-order valence-electron chi connectivity index (χ2n) is 5.82. The summed E-state index contributed by atoms with van der Waals surface area (Å²) >= 11 is 20.1. The molecule has 6 heteroatoms. The van der Waals surface area contributed by atoms with Crippen molar-refractivity contribution in [3.05, 3.63) is 0 Å². The monoisotopic (exact) mass is 376 g/mol. The number of alkyl halides is 4. The molecule has 0 N–H and O–H groups in total. The number of halogens is 4. The third-order valence-electron chi connectivity index (χ3n) is 3.48. The van der Waals surface area contributed by atoms with Crippen molar-refractivity contribution in [1.82, 2.24) is 0 Å². The first-order chi connectivity index (χ1) is 7.94. The van der Waals surface area contributed by atoms with E-state index in [0.29, 0.717) is 12.8 Å². The third kappa shape index (κ3) is 3.84. The maximum Gasteiger partial charge on any atom is 0.249 e. The van der Waals surface area contributed by atoms with Crippen molar-refractivity contribution in [2.45, 2.75) is 42.2 Å². The molecule has 0 radical (unpaired) electrons. The molecule has 1 rings (SSSR count). The molecule has 0 aromatic rings. The molecule has 1 aliphatic rings. The SMILES string of the molecule is CC(C)(C)C1CC(Br)C(=O)C(C(=O)C(Cl)(Cl)Cl)C1. The van der Waals surface area contributed by atoms with E-state index in [1.165, 1.54) is 0 Å². The number of ketones is 2. The van der Waals surface area contributed by atoms with Gasteiger partial charge < -0.3 is 0 Å². The molecule has 0 saturated heterocycles. The Morgan fingerprint density at radius 1 is 1.22 bits per heavy atom. The van der Waals surface area contributed by atoms with Gasteiger partial charge in [-0.05, 0) is 24.2 Å². The molecule has 3 unspecified atom stereocenters. The lowest BCUT2D eigenvalue weighted by atomic mass is 9.68. The number of hydrogen-bond donors (Lipinski definition) is 0. The van der Waals surface area contributed by atoms with Gasteiger partial charge in [-0.25, -0.2) is 0 Å². The minimum Gasteiger partial charge on any atom is -0.298 e. The zero-order chi connectivity index (χ0) is 14.3. The molecule has 0 heterocycles. The predicted octanol–water partition coefficient (Wildman–Crippen LogP) is 4.33. The fraction of sp³-hybridized carbons (Fsp3) is 0.833. The molecular formula is C12H16BrCl3O2. The summed E-state index contributed by atoms with van der Waals surface area (Å²) < 4.78 is -2.02. The fourth-order valence-electron chi connectivity index (χ4n) is 2.22. The summed E-state index contributed by atoms with van der Waals surface area (Å²) in [5.74, 6) is -1.37. The van der Waals surface area contributed by atoms with Gasteiger partial charge in [0.1, 0.15) is 0 Å². The molecule has 104 valence electrons. The Kier molecular flexibility index (Phi) is 5.20.